The summed E-state index contributed by atoms with van der Waals surface area (Å²) in [6.07, 6.45) is -9.28. The topological polar surface area (TPSA) is 156 Å². The Labute approximate surface area is 77.7 Å². The summed E-state index contributed by atoms with van der Waals surface area (Å²) in [5.41, 5.74) is 0. The molecule has 0 aliphatic carbocycles. The molecule has 0 aromatic rings. The minimum absolute atomic E-state index is 1.84. The molecule has 14 heavy (non-hydrogen) atoms. The van der Waals surface area contributed by atoms with Gasteiger partial charge < -0.3 is 30.6 Å². The second-order valence-electron chi connectivity index (χ2n) is 2.55. The normalized spacial score (nSPS) is 19.4. The van der Waals surface area contributed by atoms with Gasteiger partial charge in [-0.25, -0.2) is 9.59 Å². The van der Waals surface area contributed by atoms with E-state index < -0.39 is 36.4 Å². The molecule has 0 rings (SSSR count). The zero-order chi connectivity index (χ0) is 11.5. The lowest BCUT2D eigenvalue weighted by Crippen LogP contribution is -2.49. The first-order valence-electron chi connectivity index (χ1n) is 3.47. The predicted molar refractivity (Wildman–Crippen MR) is 39.3 cm³/mol. The number of rotatable bonds is 5. The fourth-order valence-electron chi connectivity index (χ4n) is 0.666. The first-order valence-corrected chi connectivity index (χ1v) is 3.47. The van der Waals surface area contributed by atoms with Crippen LogP contribution in [0.25, 0.3) is 0 Å². The molecule has 8 heteroatoms. The van der Waals surface area contributed by atoms with E-state index in [1.54, 1.807) is 0 Å². The number of carbonyl (C=O) groups is 2. The molecule has 4 atom stereocenters. The quantitative estimate of drug-likeness (QED) is 0.274. The second kappa shape index (κ2) is 4.86. The maximum absolute atomic E-state index is 10.1. The van der Waals surface area contributed by atoms with Gasteiger partial charge in [-0.1, -0.05) is 0 Å². The Balaban J connectivity index is 4.45. The molecule has 0 amide bonds. The van der Waals surface area contributed by atoms with Crippen molar-refractivity contribution in [3.8, 4) is 0 Å². The van der Waals surface area contributed by atoms with Crippen LogP contribution in [-0.4, -0.2) is 67.0 Å². The molecule has 82 valence electrons. The number of aliphatic hydroxyl groups excluding tert-OH is 4. The van der Waals surface area contributed by atoms with Gasteiger partial charge >= 0.3 is 11.9 Å². The Morgan fingerprint density at radius 2 is 0.929 bits per heavy atom. The van der Waals surface area contributed by atoms with Crippen LogP contribution in [0.2, 0.25) is 0 Å². The molecule has 8 nitrogen and oxygen atoms in total. The summed E-state index contributed by atoms with van der Waals surface area (Å²) in [7, 11) is 0. The fraction of sp³-hybridized carbons (Fsp3) is 0.667. The Hall–Kier alpha value is -1.22. The molecule has 0 radical (unpaired) electrons. The van der Waals surface area contributed by atoms with E-state index in [1.807, 2.05) is 0 Å². The van der Waals surface area contributed by atoms with Crippen molar-refractivity contribution in [2.24, 2.45) is 0 Å². The van der Waals surface area contributed by atoms with E-state index in [-0.39, 0.29) is 0 Å². The van der Waals surface area contributed by atoms with E-state index in [0.29, 0.717) is 0 Å². The molecule has 0 saturated carbocycles. The summed E-state index contributed by atoms with van der Waals surface area (Å²) in [6.45, 7) is 0. The van der Waals surface area contributed by atoms with Crippen LogP contribution in [0.3, 0.4) is 0 Å². The Bertz CT molecular complexity index is 202. The van der Waals surface area contributed by atoms with Crippen LogP contribution < -0.4 is 0 Å². The Morgan fingerprint density at radius 1 is 0.714 bits per heavy atom. The van der Waals surface area contributed by atoms with Crippen LogP contribution in [0.15, 0.2) is 0 Å². The van der Waals surface area contributed by atoms with Crippen LogP contribution in [0.5, 0.6) is 0 Å². The van der Waals surface area contributed by atoms with Crippen molar-refractivity contribution in [2.45, 2.75) is 24.4 Å². The molecule has 2 unspecified atom stereocenters. The summed E-state index contributed by atoms with van der Waals surface area (Å²) >= 11 is 0. The Kier molecular flexibility index (Phi) is 4.44. The van der Waals surface area contributed by atoms with Crippen molar-refractivity contribution in [3.05, 3.63) is 0 Å². The molecule has 0 spiro atoms. The van der Waals surface area contributed by atoms with E-state index in [1.165, 1.54) is 0 Å². The number of aliphatic hydroxyl groups is 4. The van der Waals surface area contributed by atoms with E-state index in [4.69, 9.17) is 30.6 Å². The molecule has 0 fully saturated rings. The highest BCUT2D eigenvalue weighted by molar-refractivity contribution is 5.75. The Morgan fingerprint density at radius 3 is 1.07 bits per heavy atom. The van der Waals surface area contributed by atoms with Gasteiger partial charge in [0.15, 0.2) is 12.2 Å². The zero-order valence-electron chi connectivity index (χ0n) is 6.81. The number of hydrogen-bond acceptors (Lipinski definition) is 6. The molecule has 0 heterocycles. The number of aliphatic carboxylic acids is 2. The molecule has 0 saturated heterocycles. The smallest absolute Gasteiger partial charge is 0.335 e. The van der Waals surface area contributed by atoms with Crippen molar-refractivity contribution in [1.82, 2.24) is 0 Å². The minimum Gasteiger partial charge on any atom is -0.479 e. The summed E-state index contributed by atoms with van der Waals surface area (Å²) in [4.78, 5) is 20.2. The summed E-state index contributed by atoms with van der Waals surface area (Å²) in [5.74, 6) is -3.68. The van der Waals surface area contributed by atoms with E-state index in [9.17, 15) is 9.59 Å². The predicted octanol–water partition coefficient (Wildman–Crippen LogP) is -3.40. The second-order valence-corrected chi connectivity index (χ2v) is 2.55. The summed E-state index contributed by atoms with van der Waals surface area (Å²) in [5, 5.41) is 51.5. The minimum atomic E-state index is -2.36. The van der Waals surface area contributed by atoms with Gasteiger partial charge in [0.2, 0.25) is 0 Å². The third-order valence-corrected chi connectivity index (χ3v) is 1.50. The van der Waals surface area contributed by atoms with E-state index in [0.717, 1.165) is 0 Å². The van der Waals surface area contributed by atoms with Gasteiger partial charge in [0.05, 0.1) is 0 Å². The van der Waals surface area contributed by atoms with Gasteiger partial charge in [-0.3, -0.25) is 0 Å². The van der Waals surface area contributed by atoms with Crippen LogP contribution >= 0.6 is 0 Å². The monoisotopic (exact) mass is 210 g/mol. The number of carboxylic acid groups (broad SMARTS) is 2. The lowest BCUT2D eigenvalue weighted by atomic mass is 10.0. The maximum atomic E-state index is 10.1. The highest BCUT2D eigenvalue weighted by Gasteiger charge is 2.37. The van der Waals surface area contributed by atoms with Gasteiger partial charge in [0.25, 0.3) is 0 Å². The van der Waals surface area contributed by atoms with Crippen molar-refractivity contribution < 1.29 is 40.2 Å². The molecule has 0 aromatic heterocycles. The van der Waals surface area contributed by atoms with Crippen molar-refractivity contribution in [2.75, 3.05) is 0 Å². The zero-order valence-corrected chi connectivity index (χ0v) is 6.81. The SMILES string of the molecule is O=C(O)C(O)C(O)[C@H](O)[C@H](O)C(=O)O. The molecule has 0 aliphatic heterocycles. The van der Waals surface area contributed by atoms with E-state index in [2.05, 4.69) is 0 Å². The van der Waals surface area contributed by atoms with Gasteiger partial charge in [0, 0.05) is 0 Å². The third kappa shape index (κ3) is 2.92. The molecule has 6 N–H and O–H groups in total. The molecule has 0 aromatic carbocycles. The van der Waals surface area contributed by atoms with Gasteiger partial charge in [-0.15, -0.1) is 0 Å². The van der Waals surface area contributed by atoms with Crippen LogP contribution in [0.1, 0.15) is 0 Å². The summed E-state index contributed by atoms with van der Waals surface area (Å²) < 4.78 is 0. The third-order valence-electron chi connectivity index (χ3n) is 1.50. The van der Waals surface area contributed by atoms with Gasteiger partial charge in [-0.2, -0.15) is 0 Å². The maximum Gasteiger partial charge on any atom is 0.335 e. The van der Waals surface area contributed by atoms with Gasteiger partial charge in [-0.05, 0) is 0 Å². The lowest BCUT2D eigenvalue weighted by molar-refractivity contribution is -0.172. The van der Waals surface area contributed by atoms with Crippen LogP contribution in [0, 0.1) is 0 Å². The average molecular weight is 210 g/mol. The molecule has 0 aliphatic rings. The standard InChI is InChI=1S/C6H10O8/c7-1(3(9)5(11)12)2(8)4(10)6(13)14/h1-4,7-10H,(H,11,12)(H,13,14)/t1-,2?,3-,4?/m0/s1. The largest absolute Gasteiger partial charge is 0.479 e. The van der Waals surface area contributed by atoms with Crippen molar-refractivity contribution >= 4 is 11.9 Å². The first kappa shape index (κ1) is 12.8. The highest BCUT2D eigenvalue weighted by Crippen LogP contribution is 2.05. The fourth-order valence-corrected chi connectivity index (χ4v) is 0.666. The lowest BCUT2D eigenvalue weighted by Gasteiger charge is -2.21. The molecular weight excluding hydrogens is 200 g/mol. The first-order chi connectivity index (χ1) is 6.29. The van der Waals surface area contributed by atoms with Crippen molar-refractivity contribution in [1.29, 1.82) is 0 Å². The highest BCUT2D eigenvalue weighted by atomic mass is 16.4. The van der Waals surface area contributed by atoms with Crippen molar-refractivity contribution in [3.63, 3.8) is 0 Å². The van der Waals surface area contributed by atoms with Gasteiger partial charge in [0.1, 0.15) is 12.2 Å². The number of hydrogen-bond donors (Lipinski definition) is 6. The van der Waals surface area contributed by atoms with E-state index >= 15 is 0 Å². The van der Waals surface area contributed by atoms with Crippen LogP contribution in [0.4, 0.5) is 0 Å². The number of carboxylic acids is 2. The summed E-state index contributed by atoms with van der Waals surface area (Å²) in [6, 6.07) is 0. The average Bonchev–Trinajstić information content (AvgIpc) is 2.12. The van der Waals surface area contributed by atoms with Crippen LogP contribution in [-0.2, 0) is 9.59 Å². The molecular formula is C6H10O8. The molecule has 0 bridgehead atoms.